The second-order valence-corrected chi connectivity index (χ2v) is 5.55. The summed E-state index contributed by atoms with van der Waals surface area (Å²) >= 11 is 0. The molecule has 0 spiro atoms. The van der Waals surface area contributed by atoms with Gasteiger partial charge in [-0.05, 0) is 50.3 Å². The van der Waals surface area contributed by atoms with Crippen molar-refractivity contribution in [2.45, 2.75) is 54.0 Å². The summed E-state index contributed by atoms with van der Waals surface area (Å²) in [6, 6.07) is 4.48. The number of aromatic nitrogens is 2. The van der Waals surface area contributed by atoms with E-state index in [0.717, 1.165) is 36.5 Å². The first-order valence-electron chi connectivity index (χ1n) is 7.38. The molecule has 2 aromatic rings. The molecule has 1 aromatic carbocycles. The van der Waals surface area contributed by atoms with E-state index in [9.17, 15) is 0 Å². The van der Waals surface area contributed by atoms with Crippen molar-refractivity contribution in [2.24, 2.45) is 0 Å². The van der Waals surface area contributed by atoms with E-state index in [2.05, 4.69) is 51.4 Å². The lowest BCUT2D eigenvalue weighted by Gasteiger charge is -2.13. The minimum Gasteiger partial charge on any atom is -0.396 e. The summed E-state index contributed by atoms with van der Waals surface area (Å²) in [5, 5.41) is 4.69. The van der Waals surface area contributed by atoms with Crippen LogP contribution in [-0.4, -0.2) is 9.78 Å². The van der Waals surface area contributed by atoms with Crippen molar-refractivity contribution < 1.29 is 0 Å². The number of aryl methyl sites for hydroxylation is 4. The van der Waals surface area contributed by atoms with Gasteiger partial charge in [-0.1, -0.05) is 31.5 Å². The summed E-state index contributed by atoms with van der Waals surface area (Å²) in [6.45, 7) is 11.5. The smallest absolute Gasteiger partial charge is 0.0854 e. The normalized spacial score (nSPS) is 11.1. The van der Waals surface area contributed by atoms with Gasteiger partial charge in [-0.2, -0.15) is 5.10 Å². The predicted octanol–water partition coefficient (Wildman–Crippen LogP) is 3.56. The van der Waals surface area contributed by atoms with Crippen LogP contribution >= 0.6 is 0 Å². The fraction of sp³-hybridized carbons (Fsp3) is 0.471. The number of hydrogen-bond acceptors (Lipinski definition) is 2. The molecule has 0 aliphatic carbocycles. The Morgan fingerprint density at radius 3 is 2.15 bits per heavy atom. The van der Waals surface area contributed by atoms with Crippen molar-refractivity contribution in [1.82, 2.24) is 9.78 Å². The molecule has 0 aliphatic heterocycles. The van der Waals surface area contributed by atoms with Crippen LogP contribution in [0.5, 0.6) is 0 Å². The Kier molecular flexibility index (Phi) is 4.17. The lowest BCUT2D eigenvalue weighted by molar-refractivity contribution is 0.636. The number of anilines is 1. The van der Waals surface area contributed by atoms with E-state index in [0.29, 0.717) is 0 Å². The Labute approximate surface area is 121 Å². The van der Waals surface area contributed by atoms with E-state index in [1.807, 2.05) is 0 Å². The van der Waals surface area contributed by atoms with Gasteiger partial charge < -0.3 is 5.73 Å². The summed E-state index contributed by atoms with van der Waals surface area (Å²) in [7, 11) is 0. The summed E-state index contributed by atoms with van der Waals surface area (Å²) in [6.07, 6.45) is 1.81. The first-order chi connectivity index (χ1) is 9.47. The van der Waals surface area contributed by atoms with E-state index in [1.54, 1.807) is 0 Å². The number of benzene rings is 1. The summed E-state index contributed by atoms with van der Waals surface area (Å²) < 4.78 is 2.08. The van der Waals surface area contributed by atoms with Crippen LogP contribution in [-0.2, 0) is 19.4 Å². The third-order valence-corrected chi connectivity index (χ3v) is 3.99. The lowest BCUT2D eigenvalue weighted by Crippen LogP contribution is -2.09. The van der Waals surface area contributed by atoms with Crippen LogP contribution in [0, 0.1) is 20.8 Å². The van der Waals surface area contributed by atoms with Crippen molar-refractivity contribution in [2.75, 3.05) is 5.73 Å². The van der Waals surface area contributed by atoms with Gasteiger partial charge in [-0.3, -0.25) is 4.68 Å². The van der Waals surface area contributed by atoms with Crippen LogP contribution < -0.4 is 5.73 Å². The standard InChI is InChI=1S/C17H25N3/c1-6-15-17(18)16(7-2)20(19-15)10-14-12(4)8-11(3)9-13(14)5/h8-9H,6-7,10,18H2,1-5H3. The van der Waals surface area contributed by atoms with E-state index in [4.69, 9.17) is 10.8 Å². The zero-order valence-corrected chi connectivity index (χ0v) is 13.2. The molecule has 0 saturated heterocycles. The second kappa shape index (κ2) is 5.70. The zero-order valence-electron chi connectivity index (χ0n) is 13.2. The van der Waals surface area contributed by atoms with Gasteiger partial charge in [0.1, 0.15) is 0 Å². The molecule has 0 fully saturated rings. The van der Waals surface area contributed by atoms with Crippen LogP contribution in [0.3, 0.4) is 0 Å². The molecular formula is C17H25N3. The van der Waals surface area contributed by atoms with Gasteiger partial charge in [0.05, 0.1) is 23.6 Å². The minimum absolute atomic E-state index is 0.811. The molecule has 0 bridgehead atoms. The van der Waals surface area contributed by atoms with Crippen molar-refractivity contribution in [3.8, 4) is 0 Å². The van der Waals surface area contributed by atoms with Gasteiger partial charge in [0.2, 0.25) is 0 Å². The van der Waals surface area contributed by atoms with Gasteiger partial charge >= 0.3 is 0 Å². The maximum absolute atomic E-state index is 6.20. The molecule has 0 saturated carbocycles. The number of nitrogen functional groups attached to an aromatic ring is 1. The molecule has 3 heteroatoms. The SMILES string of the molecule is CCc1nn(Cc2c(C)cc(C)cc2C)c(CC)c1N. The third kappa shape index (κ3) is 2.58. The maximum Gasteiger partial charge on any atom is 0.0854 e. The fourth-order valence-corrected chi connectivity index (χ4v) is 2.94. The number of hydrogen-bond donors (Lipinski definition) is 1. The number of rotatable bonds is 4. The molecule has 2 N–H and O–H groups in total. The highest BCUT2D eigenvalue weighted by Gasteiger charge is 2.14. The molecule has 20 heavy (non-hydrogen) atoms. The van der Waals surface area contributed by atoms with Crippen LogP contribution in [0.1, 0.15) is 47.5 Å². The Bertz CT molecular complexity index is 600. The van der Waals surface area contributed by atoms with Crippen molar-refractivity contribution in [3.05, 3.63) is 45.8 Å². The van der Waals surface area contributed by atoms with Crippen molar-refractivity contribution in [3.63, 3.8) is 0 Å². The quantitative estimate of drug-likeness (QED) is 0.924. The summed E-state index contributed by atoms with van der Waals surface area (Å²) in [4.78, 5) is 0. The number of nitrogens with zero attached hydrogens (tertiary/aromatic N) is 2. The highest BCUT2D eigenvalue weighted by atomic mass is 15.3. The van der Waals surface area contributed by atoms with Gasteiger partial charge in [0.25, 0.3) is 0 Å². The second-order valence-electron chi connectivity index (χ2n) is 5.55. The average molecular weight is 271 g/mol. The van der Waals surface area contributed by atoms with Gasteiger partial charge in [-0.15, -0.1) is 0 Å². The molecule has 108 valence electrons. The molecular weight excluding hydrogens is 246 g/mol. The summed E-state index contributed by atoms with van der Waals surface area (Å²) in [5.74, 6) is 0. The molecule has 0 atom stereocenters. The highest BCUT2D eigenvalue weighted by Crippen LogP contribution is 2.22. The van der Waals surface area contributed by atoms with Gasteiger partial charge in [0.15, 0.2) is 0 Å². The molecule has 0 aliphatic rings. The Morgan fingerprint density at radius 1 is 1.05 bits per heavy atom. The molecule has 1 aromatic heterocycles. The number of nitrogens with two attached hydrogens (primary N) is 1. The molecule has 0 unspecified atom stereocenters. The largest absolute Gasteiger partial charge is 0.396 e. The Hall–Kier alpha value is -1.77. The topological polar surface area (TPSA) is 43.8 Å². The fourth-order valence-electron chi connectivity index (χ4n) is 2.94. The Morgan fingerprint density at radius 2 is 1.65 bits per heavy atom. The van der Waals surface area contributed by atoms with Crippen molar-refractivity contribution in [1.29, 1.82) is 0 Å². The van der Waals surface area contributed by atoms with Gasteiger partial charge in [0, 0.05) is 0 Å². The minimum atomic E-state index is 0.811. The van der Waals surface area contributed by atoms with Crippen LogP contribution in [0.2, 0.25) is 0 Å². The average Bonchev–Trinajstić information content (AvgIpc) is 2.69. The maximum atomic E-state index is 6.20. The highest BCUT2D eigenvalue weighted by molar-refractivity contribution is 5.49. The molecule has 0 radical (unpaired) electrons. The van der Waals surface area contributed by atoms with Crippen LogP contribution in [0.15, 0.2) is 12.1 Å². The van der Waals surface area contributed by atoms with E-state index in [1.165, 1.54) is 22.3 Å². The first kappa shape index (κ1) is 14.6. The van der Waals surface area contributed by atoms with E-state index < -0.39 is 0 Å². The van der Waals surface area contributed by atoms with Gasteiger partial charge in [-0.25, -0.2) is 0 Å². The monoisotopic (exact) mass is 271 g/mol. The summed E-state index contributed by atoms with van der Waals surface area (Å²) in [5.41, 5.74) is 14.6. The predicted molar refractivity (Wildman–Crippen MR) is 85.2 cm³/mol. The van der Waals surface area contributed by atoms with E-state index >= 15 is 0 Å². The first-order valence-corrected chi connectivity index (χ1v) is 7.38. The van der Waals surface area contributed by atoms with Crippen molar-refractivity contribution >= 4 is 5.69 Å². The lowest BCUT2D eigenvalue weighted by atomic mass is 10.00. The van der Waals surface area contributed by atoms with Crippen LogP contribution in [0.4, 0.5) is 5.69 Å². The zero-order chi connectivity index (χ0) is 14.9. The van der Waals surface area contributed by atoms with Crippen LogP contribution in [0.25, 0.3) is 0 Å². The van der Waals surface area contributed by atoms with E-state index in [-0.39, 0.29) is 0 Å². The molecule has 1 heterocycles. The molecule has 0 amide bonds. The molecule has 2 rings (SSSR count). The third-order valence-electron chi connectivity index (χ3n) is 3.99. The molecule has 3 nitrogen and oxygen atoms in total. The Balaban J connectivity index is 2.45.